The largest absolute Gasteiger partial charge is 0.325 e. The van der Waals surface area contributed by atoms with Gasteiger partial charge in [0.1, 0.15) is 0 Å². The summed E-state index contributed by atoms with van der Waals surface area (Å²) in [5.74, 6) is 0. The lowest BCUT2D eigenvalue weighted by Gasteiger charge is -2.20. The Hall–Kier alpha value is -1.32. The molecule has 13 heavy (non-hydrogen) atoms. The molecule has 4 nitrogen and oxygen atoms in total. The summed E-state index contributed by atoms with van der Waals surface area (Å²) in [6.07, 6.45) is 2.34. The fourth-order valence-corrected chi connectivity index (χ4v) is 1.10. The van der Waals surface area contributed by atoms with Crippen molar-refractivity contribution in [2.75, 3.05) is 0 Å². The van der Waals surface area contributed by atoms with Crippen LogP contribution in [0.5, 0.6) is 0 Å². The first kappa shape index (κ1) is 9.77. The minimum absolute atomic E-state index is 0.197. The van der Waals surface area contributed by atoms with Crippen molar-refractivity contribution in [2.24, 2.45) is 0 Å². The van der Waals surface area contributed by atoms with E-state index in [9.17, 15) is 9.59 Å². The van der Waals surface area contributed by atoms with E-state index in [1.54, 1.807) is 0 Å². The lowest BCUT2D eigenvalue weighted by Crippen LogP contribution is -2.32. The van der Waals surface area contributed by atoms with Gasteiger partial charge in [-0.1, -0.05) is 20.8 Å². The molecule has 0 atom stereocenters. The van der Waals surface area contributed by atoms with Crippen molar-refractivity contribution in [3.8, 4) is 0 Å². The molecule has 72 valence electrons. The van der Waals surface area contributed by atoms with E-state index in [1.165, 1.54) is 6.20 Å². The average Bonchev–Trinajstić information content (AvgIpc) is 2.03. The molecule has 0 fully saturated rings. The summed E-state index contributed by atoms with van der Waals surface area (Å²) in [7, 11) is 0. The van der Waals surface area contributed by atoms with Gasteiger partial charge in [0, 0.05) is 11.8 Å². The number of hydrogen-bond acceptors (Lipinski definition) is 2. The molecule has 1 heterocycles. The van der Waals surface area contributed by atoms with Crippen molar-refractivity contribution in [1.29, 1.82) is 0 Å². The Kier molecular flexibility index (Phi) is 2.40. The molecular formula is C9H14N2O2. The maximum atomic E-state index is 11.4. The number of aromatic amines is 2. The molecule has 0 saturated heterocycles. The van der Waals surface area contributed by atoms with E-state index >= 15 is 0 Å². The van der Waals surface area contributed by atoms with Gasteiger partial charge in [-0.15, -0.1) is 0 Å². The molecule has 0 aliphatic heterocycles. The number of hydrogen-bond donors (Lipinski definition) is 2. The molecule has 0 aliphatic carbocycles. The van der Waals surface area contributed by atoms with Crippen LogP contribution in [0.4, 0.5) is 0 Å². The van der Waals surface area contributed by atoms with E-state index in [-0.39, 0.29) is 11.0 Å². The summed E-state index contributed by atoms with van der Waals surface area (Å²) >= 11 is 0. The van der Waals surface area contributed by atoms with Gasteiger partial charge >= 0.3 is 5.69 Å². The molecule has 1 rings (SSSR count). The van der Waals surface area contributed by atoms with Crippen LogP contribution in [0.15, 0.2) is 15.8 Å². The van der Waals surface area contributed by atoms with Gasteiger partial charge in [0.15, 0.2) is 0 Å². The van der Waals surface area contributed by atoms with E-state index in [1.807, 2.05) is 20.8 Å². The van der Waals surface area contributed by atoms with Crippen molar-refractivity contribution in [2.45, 2.75) is 32.6 Å². The predicted octanol–water partition coefficient (Wildman–Crippen LogP) is 0.751. The second kappa shape index (κ2) is 3.20. The maximum Gasteiger partial charge on any atom is 0.325 e. The van der Waals surface area contributed by atoms with Crippen LogP contribution in [0.1, 0.15) is 32.8 Å². The minimum Gasteiger partial charge on any atom is -0.314 e. The van der Waals surface area contributed by atoms with Crippen molar-refractivity contribution in [3.05, 3.63) is 32.6 Å². The van der Waals surface area contributed by atoms with Gasteiger partial charge in [0.05, 0.1) is 0 Å². The normalized spacial score (nSPS) is 11.6. The van der Waals surface area contributed by atoms with Crippen LogP contribution in [-0.2, 0) is 5.41 Å². The van der Waals surface area contributed by atoms with Crippen molar-refractivity contribution in [3.63, 3.8) is 0 Å². The fourth-order valence-electron chi connectivity index (χ4n) is 1.10. The highest BCUT2D eigenvalue weighted by molar-refractivity contribution is 5.15. The summed E-state index contributed by atoms with van der Waals surface area (Å²) in [6, 6.07) is 0. The zero-order valence-electron chi connectivity index (χ0n) is 8.10. The van der Waals surface area contributed by atoms with Crippen LogP contribution < -0.4 is 11.2 Å². The zero-order valence-corrected chi connectivity index (χ0v) is 8.10. The summed E-state index contributed by atoms with van der Waals surface area (Å²) in [5.41, 5.74) is -0.330. The van der Waals surface area contributed by atoms with E-state index in [0.717, 1.165) is 6.42 Å². The molecule has 0 radical (unpaired) electrons. The topological polar surface area (TPSA) is 65.7 Å². The standard InChI is InChI=1S/C9H14N2O2/c1-4-9(2,3)6-5-10-8(13)11-7(6)12/h5H,4H2,1-3H3,(H2,10,11,12,13). The fraction of sp³-hybridized carbons (Fsp3) is 0.556. The Morgan fingerprint density at radius 3 is 2.46 bits per heavy atom. The highest BCUT2D eigenvalue weighted by Gasteiger charge is 2.21. The van der Waals surface area contributed by atoms with Crippen molar-refractivity contribution in [1.82, 2.24) is 9.97 Å². The van der Waals surface area contributed by atoms with Crippen LogP contribution in [-0.4, -0.2) is 9.97 Å². The van der Waals surface area contributed by atoms with E-state index in [4.69, 9.17) is 0 Å². The van der Waals surface area contributed by atoms with Gasteiger partial charge in [-0.25, -0.2) is 4.79 Å². The first-order valence-corrected chi connectivity index (χ1v) is 4.30. The molecule has 0 unspecified atom stereocenters. The summed E-state index contributed by atoms with van der Waals surface area (Å²) < 4.78 is 0. The third-order valence-corrected chi connectivity index (χ3v) is 2.43. The molecule has 0 saturated carbocycles. The SMILES string of the molecule is CCC(C)(C)c1c[nH]c(=O)[nH]c1=O. The molecule has 0 bridgehead atoms. The van der Waals surface area contributed by atoms with Gasteiger partial charge in [-0.05, 0) is 11.8 Å². The molecule has 4 heteroatoms. The number of nitrogens with one attached hydrogen (secondary N) is 2. The molecule has 1 aromatic heterocycles. The van der Waals surface area contributed by atoms with Crippen LogP contribution in [0.3, 0.4) is 0 Å². The summed E-state index contributed by atoms with van der Waals surface area (Å²) in [5, 5.41) is 0. The Balaban J connectivity index is 3.32. The molecule has 0 amide bonds. The first-order valence-electron chi connectivity index (χ1n) is 4.30. The Morgan fingerprint density at radius 2 is 2.00 bits per heavy atom. The number of H-pyrrole nitrogens is 2. The Bertz CT molecular complexity index is 401. The lowest BCUT2D eigenvalue weighted by atomic mass is 9.84. The molecule has 0 aromatic carbocycles. The van der Waals surface area contributed by atoms with Gasteiger partial charge in [-0.2, -0.15) is 0 Å². The van der Waals surface area contributed by atoms with E-state index < -0.39 is 5.69 Å². The molecular weight excluding hydrogens is 168 g/mol. The zero-order chi connectivity index (χ0) is 10.1. The lowest BCUT2D eigenvalue weighted by molar-refractivity contribution is 0.496. The highest BCUT2D eigenvalue weighted by atomic mass is 16.2. The third kappa shape index (κ3) is 1.88. The second-order valence-corrected chi connectivity index (χ2v) is 3.72. The maximum absolute atomic E-state index is 11.4. The summed E-state index contributed by atoms with van der Waals surface area (Å²) in [6.45, 7) is 5.94. The van der Waals surface area contributed by atoms with Crippen LogP contribution in [0.25, 0.3) is 0 Å². The highest BCUT2D eigenvalue weighted by Crippen LogP contribution is 2.21. The minimum atomic E-state index is -0.458. The van der Waals surface area contributed by atoms with Crippen molar-refractivity contribution < 1.29 is 0 Å². The van der Waals surface area contributed by atoms with Gasteiger partial charge in [0.2, 0.25) is 0 Å². The van der Waals surface area contributed by atoms with Crippen LogP contribution in [0, 0.1) is 0 Å². The molecule has 1 aromatic rings. The smallest absolute Gasteiger partial charge is 0.314 e. The molecule has 2 N–H and O–H groups in total. The Morgan fingerprint density at radius 1 is 1.38 bits per heavy atom. The number of rotatable bonds is 2. The number of aromatic nitrogens is 2. The third-order valence-electron chi connectivity index (χ3n) is 2.43. The van der Waals surface area contributed by atoms with Gasteiger partial charge in [-0.3, -0.25) is 9.78 Å². The summed E-state index contributed by atoms with van der Waals surface area (Å²) in [4.78, 5) is 26.8. The first-order chi connectivity index (χ1) is 5.97. The quantitative estimate of drug-likeness (QED) is 0.708. The monoisotopic (exact) mass is 182 g/mol. The van der Waals surface area contributed by atoms with E-state index in [2.05, 4.69) is 9.97 Å². The molecule has 0 aliphatic rings. The van der Waals surface area contributed by atoms with Crippen LogP contribution >= 0.6 is 0 Å². The molecule has 0 spiro atoms. The van der Waals surface area contributed by atoms with Gasteiger partial charge in [0.25, 0.3) is 5.56 Å². The van der Waals surface area contributed by atoms with Crippen LogP contribution in [0.2, 0.25) is 0 Å². The van der Waals surface area contributed by atoms with Crippen molar-refractivity contribution >= 4 is 0 Å². The second-order valence-electron chi connectivity index (χ2n) is 3.72. The Labute approximate surface area is 76.0 Å². The predicted molar refractivity (Wildman–Crippen MR) is 51.0 cm³/mol. The van der Waals surface area contributed by atoms with Gasteiger partial charge < -0.3 is 4.98 Å². The average molecular weight is 182 g/mol. The van der Waals surface area contributed by atoms with E-state index in [0.29, 0.717) is 5.56 Å².